The van der Waals surface area contributed by atoms with Crippen LogP contribution in [-0.2, 0) is 4.79 Å². The molecule has 1 aromatic carbocycles. The summed E-state index contributed by atoms with van der Waals surface area (Å²) in [6, 6.07) is 6.27. The van der Waals surface area contributed by atoms with Crippen LogP contribution in [0, 0.1) is 12.7 Å². The number of fused-ring (bicyclic) bond motifs is 1. The SMILES string of the molecule is Cc1sc2ncnc(NCCC(=O)O)c2c1-c1ccc(F)cc1. The summed E-state index contributed by atoms with van der Waals surface area (Å²) < 4.78 is 13.2. The first-order chi connectivity index (χ1) is 11.1. The molecule has 0 aliphatic rings. The number of nitrogens with zero attached hydrogens (tertiary/aromatic N) is 2. The van der Waals surface area contributed by atoms with E-state index in [4.69, 9.17) is 5.11 Å². The summed E-state index contributed by atoms with van der Waals surface area (Å²) in [5.74, 6) is -0.565. The van der Waals surface area contributed by atoms with Gasteiger partial charge in [-0.1, -0.05) is 12.1 Å². The fourth-order valence-electron chi connectivity index (χ4n) is 2.43. The Morgan fingerprint density at radius 3 is 2.74 bits per heavy atom. The number of carbonyl (C=O) groups is 1. The minimum absolute atomic E-state index is 0.000493. The summed E-state index contributed by atoms with van der Waals surface area (Å²) in [5.41, 5.74) is 1.83. The van der Waals surface area contributed by atoms with Gasteiger partial charge in [-0.25, -0.2) is 14.4 Å². The van der Waals surface area contributed by atoms with Crippen molar-refractivity contribution in [2.24, 2.45) is 0 Å². The second-order valence-corrected chi connectivity index (χ2v) is 6.22. The van der Waals surface area contributed by atoms with Gasteiger partial charge in [0.25, 0.3) is 0 Å². The van der Waals surface area contributed by atoms with E-state index in [0.29, 0.717) is 5.82 Å². The number of thiophene rings is 1. The van der Waals surface area contributed by atoms with E-state index in [1.54, 1.807) is 12.1 Å². The fourth-order valence-corrected chi connectivity index (χ4v) is 3.44. The van der Waals surface area contributed by atoms with E-state index in [-0.39, 0.29) is 18.8 Å². The number of rotatable bonds is 5. The molecule has 2 aromatic heterocycles. The zero-order valence-corrected chi connectivity index (χ0v) is 13.2. The number of aromatic nitrogens is 2. The lowest BCUT2D eigenvalue weighted by molar-refractivity contribution is -0.136. The maximum Gasteiger partial charge on any atom is 0.305 e. The Bertz CT molecular complexity index is 862. The highest BCUT2D eigenvalue weighted by molar-refractivity contribution is 7.19. The molecule has 2 heterocycles. The van der Waals surface area contributed by atoms with Crippen molar-refractivity contribution in [2.45, 2.75) is 13.3 Å². The number of carboxylic acids is 1. The van der Waals surface area contributed by atoms with Crippen LogP contribution in [0.4, 0.5) is 10.2 Å². The molecule has 0 aliphatic carbocycles. The van der Waals surface area contributed by atoms with Crippen LogP contribution >= 0.6 is 11.3 Å². The highest BCUT2D eigenvalue weighted by Gasteiger charge is 2.16. The molecular weight excluding hydrogens is 317 g/mol. The van der Waals surface area contributed by atoms with Gasteiger partial charge >= 0.3 is 5.97 Å². The molecule has 7 heteroatoms. The van der Waals surface area contributed by atoms with Gasteiger partial charge in [0.1, 0.15) is 22.8 Å². The Kier molecular flexibility index (Phi) is 4.20. The van der Waals surface area contributed by atoms with E-state index in [1.807, 2.05) is 6.92 Å². The highest BCUT2D eigenvalue weighted by Crippen LogP contribution is 2.40. The second-order valence-electron chi connectivity index (χ2n) is 5.01. The smallest absolute Gasteiger partial charge is 0.305 e. The Labute approximate surface area is 135 Å². The lowest BCUT2D eigenvalue weighted by Crippen LogP contribution is -2.09. The Hall–Kier alpha value is -2.54. The molecular formula is C16H14FN3O2S. The quantitative estimate of drug-likeness (QED) is 0.746. The normalized spacial score (nSPS) is 10.9. The van der Waals surface area contributed by atoms with Crippen molar-refractivity contribution in [1.82, 2.24) is 9.97 Å². The number of anilines is 1. The lowest BCUT2D eigenvalue weighted by atomic mass is 10.0. The molecule has 3 rings (SSSR count). The van der Waals surface area contributed by atoms with Gasteiger partial charge in [0.15, 0.2) is 0 Å². The summed E-state index contributed by atoms with van der Waals surface area (Å²) in [6.45, 7) is 2.26. The predicted molar refractivity (Wildman–Crippen MR) is 88.3 cm³/mol. The highest BCUT2D eigenvalue weighted by atomic mass is 32.1. The number of hydrogen-bond donors (Lipinski definition) is 2. The molecule has 0 spiro atoms. The van der Waals surface area contributed by atoms with Crippen molar-refractivity contribution < 1.29 is 14.3 Å². The van der Waals surface area contributed by atoms with E-state index < -0.39 is 5.97 Å². The summed E-state index contributed by atoms with van der Waals surface area (Å²) in [4.78, 5) is 21.1. The number of halogens is 1. The van der Waals surface area contributed by atoms with E-state index in [2.05, 4.69) is 15.3 Å². The number of hydrogen-bond acceptors (Lipinski definition) is 5. The van der Waals surface area contributed by atoms with Crippen LogP contribution in [0.1, 0.15) is 11.3 Å². The van der Waals surface area contributed by atoms with Crippen LogP contribution in [0.25, 0.3) is 21.3 Å². The van der Waals surface area contributed by atoms with E-state index in [1.165, 1.54) is 29.8 Å². The summed E-state index contributed by atoms with van der Waals surface area (Å²) in [7, 11) is 0. The van der Waals surface area contributed by atoms with Crippen molar-refractivity contribution in [1.29, 1.82) is 0 Å². The van der Waals surface area contributed by atoms with Gasteiger partial charge in [-0.15, -0.1) is 11.3 Å². The van der Waals surface area contributed by atoms with Crippen LogP contribution in [0.3, 0.4) is 0 Å². The predicted octanol–water partition coefficient (Wildman–Crippen LogP) is 3.69. The van der Waals surface area contributed by atoms with Crippen LogP contribution in [0.15, 0.2) is 30.6 Å². The van der Waals surface area contributed by atoms with Crippen molar-refractivity contribution in [3.63, 3.8) is 0 Å². The first-order valence-electron chi connectivity index (χ1n) is 7.02. The van der Waals surface area contributed by atoms with Gasteiger partial charge in [-0.05, 0) is 24.6 Å². The molecule has 3 aromatic rings. The van der Waals surface area contributed by atoms with E-state index in [9.17, 15) is 9.18 Å². The number of nitrogens with one attached hydrogen (secondary N) is 1. The third-order valence-corrected chi connectivity index (χ3v) is 4.44. The van der Waals surface area contributed by atoms with Gasteiger partial charge < -0.3 is 10.4 Å². The molecule has 0 saturated heterocycles. The Morgan fingerprint density at radius 2 is 2.04 bits per heavy atom. The zero-order valence-electron chi connectivity index (χ0n) is 12.3. The van der Waals surface area contributed by atoms with Crippen LogP contribution < -0.4 is 5.32 Å². The molecule has 5 nitrogen and oxygen atoms in total. The fraction of sp³-hybridized carbons (Fsp3) is 0.188. The molecule has 0 radical (unpaired) electrons. The van der Waals surface area contributed by atoms with Crippen molar-refractivity contribution in [3.8, 4) is 11.1 Å². The summed E-state index contributed by atoms with van der Waals surface area (Å²) in [6.07, 6.45) is 1.45. The monoisotopic (exact) mass is 331 g/mol. The van der Waals surface area contributed by atoms with Gasteiger partial charge in [0.05, 0.1) is 11.8 Å². The van der Waals surface area contributed by atoms with Crippen molar-refractivity contribution in [2.75, 3.05) is 11.9 Å². The van der Waals surface area contributed by atoms with E-state index in [0.717, 1.165) is 26.2 Å². The lowest BCUT2D eigenvalue weighted by Gasteiger charge is -2.08. The van der Waals surface area contributed by atoms with Gasteiger partial charge in [0, 0.05) is 17.0 Å². The maximum absolute atomic E-state index is 13.2. The largest absolute Gasteiger partial charge is 0.481 e. The Balaban J connectivity index is 2.08. The number of aliphatic carboxylic acids is 1. The number of carboxylic acid groups (broad SMARTS) is 1. The topological polar surface area (TPSA) is 75.1 Å². The molecule has 0 aliphatic heterocycles. The molecule has 0 atom stereocenters. The third kappa shape index (κ3) is 3.14. The Morgan fingerprint density at radius 1 is 1.30 bits per heavy atom. The minimum atomic E-state index is -0.872. The van der Waals surface area contributed by atoms with Crippen LogP contribution in [0.2, 0.25) is 0 Å². The average Bonchev–Trinajstić information content (AvgIpc) is 2.85. The third-order valence-electron chi connectivity index (χ3n) is 3.43. The second kappa shape index (κ2) is 6.29. The van der Waals surface area contributed by atoms with Crippen LogP contribution in [-0.4, -0.2) is 27.6 Å². The average molecular weight is 331 g/mol. The maximum atomic E-state index is 13.2. The molecule has 0 saturated carbocycles. The summed E-state index contributed by atoms with van der Waals surface area (Å²) >= 11 is 1.53. The summed E-state index contributed by atoms with van der Waals surface area (Å²) in [5, 5.41) is 12.7. The van der Waals surface area contributed by atoms with Crippen molar-refractivity contribution >= 4 is 33.3 Å². The first kappa shape index (κ1) is 15.4. The minimum Gasteiger partial charge on any atom is -0.481 e. The molecule has 0 unspecified atom stereocenters. The molecule has 23 heavy (non-hydrogen) atoms. The zero-order chi connectivity index (χ0) is 16.4. The van der Waals surface area contributed by atoms with Crippen molar-refractivity contribution in [3.05, 3.63) is 41.3 Å². The molecule has 0 fully saturated rings. The molecule has 0 amide bonds. The van der Waals surface area contributed by atoms with Gasteiger partial charge in [-0.2, -0.15) is 0 Å². The first-order valence-corrected chi connectivity index (χ1v) is 7.83. The number of aryl methyl sites for hydroxylation is 1. The number of benzene rings is 1. The standard InChI is InChI=1S/C16H14FN3O2S/c1-9-13(10-2-4-11(17)5-3-10)14-15(18-7-6-12(21)22)19-8-20-16(14)23-9/h2-5,8H,6-7H2,1H3,(H,21,22)(H,18,19,20). The molecule has 118 valence electrons. The molecule has 2 N–H and O–H groups in total. The molecule has 0 bridgehead atoms. The van der Waals surface area contributed by atoms with Gasteiger partial charge in [-0.3, -0.25) is 4.79 Å². The van der Waals surface area contributed by atoms with Gasteiger partial charge in [0.2, 0.25) is 0 Å². The van der Waals surface area contributed by atoms with Crippen LogP contribution in [0.5, 0.6) is 0 Å². The van der Waals surface area contributed by atoms with E-state index >= 15 is 0 Å².